The van der Waals surface area contributed by atoms with Crippen LogP contribution in [-0.4, -0.2) is 85.2 Å². The van der Waals surface area contributed by atoms with E-state index in [9.17, 15) is 4.79 Å². The number of likely N-dealkylation sites (tertiary alicyclic amines) is 1. The summed E-state index contributed by atoms with van der Waals surface area (Å²) < 4.78 is 5.90. The van der Waals surface area contributed by atoms with Crippen molar-refractivity contribution in [3.8, 4) is 0 Å². The van der Waals surface area contributed by atoms with Crippen LogP contribution in [0.4, 0.5) is 0 Å². The van der Waals surface area contributed by atoms with Crippen LogP contribution in [0.2, 0.25) is 0 Å². The number of piperazine rings is 1. The van der Waals surface area contributed by atoms with E-state index in [-0.39, 0.29) is 5.91 Å². The van der Waals surface area contributed by atoms with Gasteiger partial charge in [-0.25, -0.2) is 0 Å². The van der Waals surface area contributed by atoms with E-state index in [0.717, 1.165) is 39.3 Å². The fourth-order valence-corrected chi connectivity index (χ4v) is 4.28. The molecule has 22 heavy (non-hydrogen) atoms. The maximum Gasteiger partial charge on any atom is 0.219 e. The summed E-state index contributed by atoms with van der Waals surface area (Å²) in [6.45, 7) is 12.3. The minimum Gasteiger partial charge on any atom is -0.377 e. The van der Waals surface area contributed by atoms with Gasteiger partial charge in [0.15, 0.2) is 0 Å². The molecule has 0 radical (unpaired) electrons. The number of nitrogens with zero attached hydrogens (tertiary/aromatic N) is 3. The molecule has 3 fully saturated rings. The highest BCUT2D eigenvalue weighted by molar-refractivity contribution is 5.73. The van der Waals surface area contributed by atoms with Crippen molar-refractivity contribution in [2.24, 2.45) is 5.92 Å². The monoisotopic (exact) mass is 309 g/mol. The van der Waals surface area contributed by atoms with Gasteiger partial charge in [0.05, 0.1) is 6.10 Å². The maximum atomic E-state index is 11.4. The summed E-state index contributed by atoms with van der Waals surface area (Å²) in [7, 11) is 0. The molecular weight excluding hydrogens is 278 g/mol. The van der Waals surface area contributed by atoms with E-state index >= 15 is 0 Å². The predicted octanol–water partition coefficient (Wildman–Crippen LogP) is 1.04. The largest absolute Gasteiger partial charge is 0.377 e. The predicted molar refractivity (Wildman–Crippen MR) is 86.8 cm³/mol. The first-order chi connectivity index (χ1) is 10.6. The standard InChI is InChI=1S/C17H31N3O2/c1-14-11-18(12-16-5-3-4-10-22-16)13-17(14)20-8-6-19(7-9-20)15(2)21/h14,16-17H,3-13H2,1-2H3/t14-,16-,17+/m0/s1. The van der Waals surface area contributed by atoms with Crippen LogP contribution < -0.4 is 0 Å². The average Bonchev–Trinajstić information content (AvgIpc) is 2.89. The summed E-state index contributed by atoms with van der Waals surface area (Å²) in [5.41, 5.74) is 0. The lowest BCUT2D eigenvalue weighted by Gasteiger charge is -2.39. The number of hydrogen-bond acceptors (Lipinski definition) is 4. The Bertz CT molecular complexity index is 376. The van der Waals surface area contributed by atoms with Crippen LogP contribution >= 0.6 is 0 Å². The van der Waals surface area contributed by atoms with E-state index < -0.39 is 0 Å². The molecule has 3 atom stereocenters. The molecule has 0 spiro atoms. The van der Waals surface area contributed by atoms with E-state index in [2.05, 4.69) is 16.7 Å². The van der Waals surface area contributed by atoms with Gasteiger partial charge >= 0.3 is 0 Å². The Labute approximate surface area is 134 Å². The maximum absolute atomic E-state index is 11.4. The zero-order valence-electron chi connectivity index (χ0n) is 14.2. The first-order valence-corrected chi connectivity index (χ1v) is 8.97. The van der Waals surface area contributed by atoms with E-state index in [0.29, 0.717) is 18.1 Å². The summed E-state index contributed by atoms with van der Waals surface area (Å²) in [5.74, 6) is 0.933. The van der Waals surface area contributed by atoms with Gasteiger partial charge < -0.3 is 9.64 Å². The topological polar surface area (TPSA) is 36.0 Å². The first-order valence-electron chi connectivity index (χ1n) is 8.97. The molecule has 3 aliphatic rings. The molecule has 3 rings (SSSR count). The van der Waals surface area contributed by atoms with Crippen LogP contribution in [0.15, 0.2) is 0 Å². The number of rotatable bonds is 3. The third-order valence-corrected chi connectivity index (χ3v) is 5.61. The molecule has 126 valence electrons. The lowest BCUT2D eigenvalue weighted by atomic mass is 10.0. The van der Waals surface area contributed by atoms with Crippen LogP contribution in [-0.2, 0) is 9.53 Å². The molecule has 5 nitrogen and oxygen atoms in total. The minimum atomic E-state index is 0.218. The van der Waals surface area contributed by atoms with Crippen molar-refractivity contribution in [3.63, 3.8) is 0 Å². The zero-order valence-corrected chi connectivity index (χ0v) is 14.2. The van der Waals surface area contributed by atoms with E-state index in [1.807, 2.05) is 4.90 Å². The van der Waals surface area contributed by atoms with Crippen molar-refractivity contribution in [1.29, 1.82) is 0 Å². The summed E-state index contributed by atoms with van der Waals surface area (Å²) in [4.78, 5) is 18.6. The van der Waals surface area contributed by atoms with Crippen molar-refractivity contribution in [2.75, 3.05) is 52.4 Å². The highest BCUT2D eigenvalue weighted by atomic mass is 16.5. The quantitative estimate of drug-likeness (QED) is 0.780. The number of ether oxygens (including phenoxy) is 1. The smallest absolute Gasteiger partial charge is 0.219 e. The molecule has 3 heterocycles. The highest BCUT2D eigenvalue weighted by Gasteiger charge is 2.36. The second kappa shape index (κ2) is 7.28. The van der Waals surface area contributed by atoms with Gasteiger partial charge in [0.1, 0.15) is 0 Å². The van der Waals surface area contributed by atoms with Gasteiger partial charge in [0.2, 0.25) is 5.91 Å². The van der Waals surface area contributed by atoms with Crippen molar-refractivity contribution < 1.29 is 9.53 Å². The summed E-state index contributed by atoms with van der Waals surface area (Å²) in [6, 6.07) is 0.651. The first kappa shape index (κ1) is 16.2. The summed E-state index contributed by atoms with van der Waals surface area (Å²) >= 11 is 0. The van der Waals surface area contributed by atoms with Crippen LogP contribution in [0.5, 0.6) is 0 Å². The number of carbonyl (C=O) groups is 1. The number of amides is 1. The Morgan fingerprint density at radius 3 is 2.55 bits per heavy atom. The molecule has 5 heteroatoms. The molecule has 0 N–H and O–H groups in total. The van der Waals surface area contributed by atoms with Crippen molar-refractivity contribution >= 4 is 5.91 Å². The molecule has 3 aliphatic heterocycles. The highest BCUT2D eigenvalue weighted by Crippen LogP contribution is 2.24. The van der Waals surface area contributed by atoms with Gasteiger partial charge in [-0.2, -0.15) is 0 Å². The van der Waals surface area contributed by atoms with E-state index in [1.165, 1.54) is 32.4 Å². The lowest BCUT2D eigenvalue weighted by molar-refractivity contribution is -0.130. The third kappa shape index (κ3) is 3.81. The molecule has 0 aromatic rings. The fraction of sp³-hybridized carbons (Fsp3) is 0.941. The van der Waals surface area contributed by atoms with Crippen LogP contribution in [0.25, 0.3) is 0 Å². The third-order valence-electron chi connectivity index (χ3n) is 5.61. The molecule has 3 saturated heterocycles. The van der Waals surface area contributed by atoms with Gasteiger partial charge in [-0.15, -0.1) is 0 Å². The van der Waals surface area contributed by atoms with E-state index in [4.69, 9.17) is 4.74 Å². The number of carbonyl (C=O) groups excluding carboxylic acids is 1. The van der Waals surface area contributed by atoms with Gasteiger partial charge in [0.25, 0.3) is 0 Å². The molecule has 0 bridgehead atoms. The fourth-order valence-electron chi connectivity index (χ4n) is 4.28. The molecule has 0 aromatic carbocycles. The average molecular weight is 309 g/mol. The van der Waals surface area contributed by atoms with Crippen LogP contribution in [0, 0.1) is 5.92 Å². The van der Waals surface area contributed by atoms with Crippen molar-refractivity contribution in [3.05, 3.63) is 0 Å². The van der Waals surface area contributed by atoms with Crippen LogP contribution in [0.3, 0.4) is 0 Å². The Balaban J connectivity index is 1.47. The molecular formula is C17H31N3O2. The molecule has 0 aromatic heterocycles. The minimum absolute atomic E-state index is 0.218. The normalized spacial score (nSPS) is 35.0. The van der Waals surface area contributed by atoms with Crippen molar-refractivity contribution in [2.45, 2.75) is 45.3 Å². The Morgan fingerprint density at radius 2 is 1.91 bits per heavy atom. The Hall–Kier alpha value is -0.650. The molecule has 0 saturated carbocycles. The Kier molecular flexibility index (Phi) is 5.37. The van der Waals surface area contributed by atoms with Gasteiger partial charge in [-0.05, 0) is 25.2 Å². The van der Waals surface area contributed by atoms with Gasteiger partial charge in [-0.3, -0.25) is 14.6 Å². The second-order valence-electron chi connectivity index (χ2n) is 7.29. The number of hydrogen-bond donors (Lipinski definition) is 0. The Morgan fingerprint density at radius 1 is 1.14 bits per heavy atom. The summed E-state index contributed by atoms with van der Waals surface area (Å²) in [5, 5.41) is 0. The molecule has 0 unspecified atom stereocenters. The van der Waals surface area contributed by atoms with Crippen LogP contribution in [0.1, 0.15) is 33.1 Å². The second-order valence-corrected chi connectivity index (χ2v) is 7.29. The SMILES string of the molecule is CC(=O)N1CCN([C@@H]2CN(C[C@@H]3CCCCO3)C[C@@H]2C)CC1. The molecule has 1 amide bonds. The van der Waals surface area contributed by atoms with E-state index in [1.54, 1.807) is 6.92 Å². The van der Waals surface area contributed by atoms with Crippen molar-refractivity contribution in [1.82, 2.24) is 14.7 Å². The summed E-state index contributed by atoms with van der Waals surface area (Å²) in [6.07, 6.45) is 4.24. The molecule has 0 aliphatic carbocycles. The zero-order chi connectivity index (χ0) is 15.5. The van der Waals surface area contributed by atoms with Gasteiger partial charge in [0, 0.05) is 65.4 Å². The lowest BCUT2D eigenvalue weighted by Crippen LogP contribution is -2.53. The van der Waals surface area contributed by atoms with Gasteiger partial charge in [-0.1, -0.05) is 6.92 Å².